The van der Waals surface area contributed by atoms with Crippen LogP contribution < -0.4 is 5.73 Å². The Morgan fingerprint density at radius 2 is 1.93 bits per heavy atom. The van der Waals surface area contributed by atoms with Crippen molar-refractivity contribution < 1.29 is 9.84 Å². The van der Waals surface area contributed by atoms with Gasteiger partial charge in [0.25, 0.3) is 0 Å². The molecule has 0 aliphatic heterocycles. The summed E-state index contributed by atoms with van der Waals surface area (Å²) in [6.45, 7) is 0.491. The van der Waals surface area contributed by atoms with Gasteiger partial charge in [-0.25, -0.2) is 0 Å². The number of aliphatic hydroxyl groups is 1. The highest BCUT2D eigenvalue weighted by Crippen LogP contribution is 2.31. The van der Waals surface area contributed by atoms with Crippen LogP contribution in [0.2, 0.25) is 0 Å². The van der Waals surface area contributed by atoms with Gasteiger partial charge in [0.05, 0.1) is 18.3 Å². The Hall–Kier alpha value is -0.120. The molecular formula is C11H21NO2. The van der Waals surface area contributed by atoms with Gasteiger partial charge in [-0.15, -0.1) is 0 Å². The minimum Gasteiger partial charge on any atom is -0.387 e. The van der Waals surface area contributed by atoms with Crippen LogP contribution in [0, 0.1) is 0 Å². The normalized spacial score (nSPS) is 36.4. The predicted octanol–water partition coefficient (Wildman–Crippen LogP) is 1.19. The van der Waals surface area contributed by atoms with Gasteiger partial charge in [-0.1, -0.05) is 12.8 Å². The molecule has 14 heavy (non-hydrogen) atoms. The summed E-state index contributed by atoms with van der Waals surface area (Å²) in [7, 11) is 0. The maximum absolute atomic E-state index is 10.1. The average Bonchev–Trinajstić information content (AvgIpc) is 2.73. The van der Waals surface area contributed by atoms with E-state index in [9.17, 15) is 5.11 Å². The van der Waals surface area contributed by atoms with E-state index in [1.807, 2.05) is 0 Å². The van der Waals surface area contributed by atoms with Crippen LogP contribution in [-0.2, 0) is 4.74 Å². The molecule has 3 heteroatoms. The van der Waals surface area contributed by atoms with Crippen LogP contribution in [0.3, 0.4) is 0 Å². The van der Waals surface area contributed by atoms with Crippen molar-refractivity contribution in [3.05, 3.63) is 0 Å². The zero-order chi connectivity index (χ0) is 10.0. The van der Waals surface area contributed by atoms with Gasteiger partial charge in [0.15, 0.2) is 0 Å². The van der Waals surface area contributed by atoms with E-state index in [0.29, 0.717) is 6.61 Å². The highest BCUT2D eigenvalue weighted by molar-refractivity contribution is 4.86. The topological polar surface area (TPSA) is 55.5 Å². The van der Waals surface area contributed by atoms with Crippen LogP contribution in [0.15, 0.2) is 0 Å². The van der Waals surface area contributed by atoms with E-state index >= 15 is 0 Å². The molecule has 0 aromatic carbocycles. The fraction of sp³-hybridized carbons (Fsp3) is 1.00. The summed E-state index contributed by atoms with van der Waals surface area (Å²) in [6, 6.07) is 0.194. The van der Waals surface area contributed by atoms with Crippen LogP contribution >= 0.6 is 0 Å². The molecule has 2 atom stereocenters. The second-order valence-corrected chi connectivity index (χ2v) is 4.88. The number of hydrogen-bond donors (Lipinski definition) is 2. The fourth-order valence-corrected chi connectivity index (χ4v) is 2.60. The lowest BCUT2D eigenvalue weighted by Crippen LogP contribution is -2.38. The van der Waals surface area contributed by atoms with Gasteiger partial charge in [-0.2, -0.15) is 0 Å². The van der Waals surface area contributed by atoms with Gasteiger partial charge in [-0.05, 0) is 32.1 Å². The van der Waals surface area contributed by atoms with Crippen LogP contribution in [0.5, 0.6) is 0 Å². The minimum absolute atomic E-state index is 0.194. The second kappa shape index (κ2) is 4.17. The van der Waals surface area contributed by atoms with E-state index in [1.165, 1.54) is 6.42 Å². The van der Waals surface area contributed by atoms with Gasteiger partial charge in [-0.3, -0.25) is 0 Å². The fourth-order valence-electron chi connectivity index (χ4n) is 2.60. The number of rotatable bonds is 3. The molecule has 3 N–H and O–H groups in total. The Balaban J connectivity index is 1.75. The van der Waals surface area contributed by atoms with Gasteiger partial charge >= 0.3 is 0 Å². The lowest BCUT2D eigenvalue weighted by Gasteiger charge is -2.25. The third-order valence-corrected chi connectivity index (χ3v) is 3.60. The van der Waals surface area contributed by atoms with Crippen molar-refractivity contribution in [3.8, 4) is 0 Å². The van der Waals surface area contributed by atoms with E-state index < -0.39 is 5.60 Å². The molecule has 0 heterocycles. The average molecular weight is 199 g/mol. The first kappa shape index (κ1) is 10.4. The smallest absolute Gasteiger partial charge is 0.0880 e. The summed E-state index contributed by atoms with van der Waals surface area (Å²) in [5, 5.41) is 10.1. The van der Waals surface area contributed by atoms with E-state index in [-0.39, 0.29) is 12.1 Å². The first-order valence-corrected chi connectivity index (χ1v) is 5.79. The zero-order valence-corrected chi connectivity index (χ0v) is 8.74. The molecule has 3 nitrogen and oxygen atoms in total. The molecule has 2 rings (SSSR count). The Kier molecular flexibility index (Phi) is 3.10. The molecule has 0 amide bonds. The first-order chi connectivity index (χ1) is 6.70. The Labute approximate surface area is 85.6 Å². The number of ether oxygens (including phenoxy) is 1. The van der Waals surface area contributed by atoms with Crippen molar-refractivity contribution in [1.29, 1.82) is 0 Å². The Morgan fingerprint density at radius 1 is 1.21 bits per heavy atom. The van der Waals surface area contributed by atoms with E-state index in [4.69, 9.17) is 10.5 Å². The quantitative estimate of drug-likeness (QED) is 0.718. The summed E-state index contributed by atoms with van der Waals surface area (Å²) >= 11 is 0. The lowest BCUT2D eigenvalue weighted by atomic mass is 10.0. The third-order valence-electron chi connectivity index (χ3n) is 3.60. The SMILES string of the molecule is NC1CCCC1OCC1(O)CCCC1. The molecule has 82 valence electrons. The standard InChI is InChI=1S/C11H21NO2/c12-9-4-3-5-10(9)14-8-11(13)6-1-2-7-11/h9-10,13H,1-8,12H2. The summed E-state index contributed by atoms with van der Waals surface area (Å²) < 4.78 is 5.73. The molecule has 2 unspecified atom stereocenters. The number of nitrogens with two attached hydrogens (primary N) is 1. The second-order valence-electron chi connectivity index (χ2n) is 4.88. The Morgan fingerprint density at radius 3 is 2.50 bits per heavy atom. The van der Waals surface area contributed by atoms with Gasteiger partial charge < -0.3 is 15.6 Å². The molecule has 0 aromatic rings. The van der Waals surface area contributed by atoms with Crippen molar-refractivity contribution in [3.63, 3.8) is 0 Å². The molecule has 2 aliphatic rings. The van der Waals surface area contributed by atoms with Crippen LogP contribution in [-0.4, -0.2) is 29.5 Å². The Bertz CT molecular complexity index is 190. The maximum Gasteiger partial charge on any atom is 0.0880 e. The monoisotopic (exact) mass is 199 g/mol. The molecule has 0 radical (unpaired) electrons. The predicted molar refractivity (Wildman–Crippen MR) is 55.0 cm³/mol. The molecule has 2 fully saturated rings. The summed E-state index contributed by atoms with van der Waals surface area (Å²) in [5.41, 5.74) is 5.36. The molecular weight excluding hydrogens is 178 g/mol. The molecule has 0 bridgehead atoms. The van der Waals surface area contributed by atoms with Crippen molar-refractivity contribution in [2.24, 2.45) is 5.73 Å². The first-order valence-electron chi connectivity index (χ1n) is 5.79. The summed E-state index contributed by atoms with van der Waals surface area (Å²) in [4.78, 5) is 0. The lowest BCUT2D eigenvalue weighted by molar-refractivity contribution is -0.0704. The molecule has 2 aliphatic carbocycles. The molecule has 0 aromatic heterocycles. The van der Waals surface area contributed by atoms with Gasteiger partial charge in [0.1, 0.15) is 0 Å². The van der Waals surface area contributed by atoms with E-state index in [0.717, 1.165) is 38.5 Å². The summed E-state index contributed by atoms with van der Waals surface area (Å²) in [6.07, 6.45) is 7.57. The van der Waals surface area contributed by atoms with Crippen molar-refractivity contribution in [2.75, 3.05) is 6.61 Å². The van der Waals surface area contributed by atoms with Gasteiger partial charge in [0.2, 0.25) is 0 Å². The molecule has 0 spiro atoms. The summed E-state index contributed by atoms with van der Waals surface area (Å²) in [5.74, 6) is 0. The highest BCUT2D eigenvalue weighted by Gasteiger charge is 2.34. The van der Waals surface area contributed by atoms with Crippen molar-refractivity contribution >= 4 is 0 Å². The minimum atomic E-state index is -0.539. The highest BCUT2D eigenvalue weighted by atomic mass is 16.5. The number of hydrogen-bond acceptors (Lipinski definition) is 3. The third kappa shape index (κ3) is 2.27. The van der Waals surface area contributed by atoms with E-state index in [2.05, 4.69) is 0 Å². The maximum atomic E-state index is 10.1. The van der Waals surface area contributed by atoms with Gasteiger partial charge in [0, 0.05) is 6.04 Å². The van der Waals surface area contributed by atoms with Crippen LogP contribution in [0.1, 0.15) is 44.9 Å². The molecule has 0 saturated heterocycles. The van der Waals surface area contributed by atoms with Crippen LogP contribution in [0.25, 0.3) is 0 Å². The zero-order valence-electron chi connectivity index (χ0n) is 8.74. The largest absolute Gasteiger partial charge is 0.387 e. The van der Waals surface area contributed by atoms with E-state index in [1.54, 1.807) is 0 Å². The van der Waals surface area contributed by atoms with Crippen LogP contribution in [0.4, 0.5) is 0 Å². The van der Waals surface area contributed by atoms with Crippen molar-refractivity contribution in [1.82, 2.24) is 0 Å². The van der Waals surface area contributed by atoms with Crippen molar-refractivity contribution in [2.45, 2.75) is 62.7 Å². The molecule has 2 saturated carbocycles.